The topological polar surface area (TPSA) is 21.3 Å². The first-order valence-electron chi connectivity index (χ1n) is 6.92. The van der Waals surface area contributed by atoms with Crippen LogP contribution in [0.4, 0.5) is 8.78 Å². The minimum Gasteiger partial charge on any atom is -0.382 e. The van der Waals surface area contributed by atoms with Gasteiger partial charge in [0.05, 0.1) is 0 Å². The zero-order chi connectivity index (χ0) is 14.1. The normalized spacial score (nSPS) is 12.6. The Morgan fingerprint density at radius 1 is 1.26 bits per heavy atom. The van der Waals surface area contributed by atoms with Crippen molar-refractivity contribution in [3.05, 3.63) is 35.4 Å². The summed E-state index contributed by atoms with van der Waals surface area (Å²) in [7, 11) is 0. The molecule has 0 fully saturated rings. The zero-order valence-electron chi connectivity index (χ0n) is 11.7. The summed E-state index contributed by atoms with van der Waals surface area (Å²) in [6.07, 6.45) is 2.32. The molecule has 0 heterocycles. The standard InChI is InChI=1S/C15H23F2NO/c1-3-18-14(6-5-9-19-4-2)11-12-10-13(16)7-8-15(12)17/h7-8,10,14,18H,3-6,9,11H2,1-2H3. The third-order valence-electron chi connectivity index (χ3n) is 3.01. The number of hydrogen-bond acceptors (Lipinski definition) is 2. The lowest BCUT2D eigenvalue weighted by Crippen LogP contribution is -2.31. The fraction of sp³-hybridized carbons (Fsp3) is 0.600. The van der Waals surface area contributed by atoms with Gasteiger partial charge in [-0.05, 0) is 56.5 Å². The molecule has 0 spiro atoms. The van der Waals surface area contributed by atoms with Crippen molar-refractivity contribution in [2.45, 2.75) is 39.2 Å². The maximum atomic E-state index is 13.6. The molecule has 1 atom stereocenters. The van der Waals surface area contributed by atoms with Crippen molar-refractivity contribution in [3.8, 4) is 0 Å². The summed E-state index contributed by atoms with van der Waals surface area (Å²) in [4.78, 5) is 0. The SMILES string of the molecule is CCNC(CCCOCC)Cc1cc(F)ccc1F. The first-order chi connectivity index (χ1) is 9.17. The van der Waals surface area contributed by atoms with Crippen LogP contribution in [0.1, 0.15) is 32.3 Å². The second-order valence-corrected chi connectivity index (χ2v) is 4.53. The Labute approximate surface area is 114 Å². The minimum absolute atomic E-state index is 0.154. The van der Waals surface area contributed by atoms with Crippen molar-refractivity contribution < 1.29 is 13.5 Å². The van der Waals surface area contributed by atoms with E-state index in [1.807, 2.05) is 13.8 Å². The molecule has 108 valence electrons. The first-order valence-corrected chi connectivity index (χ1v) is 6.92. The van der Waals surface area contributed by atoms with E-state index >= 15 is 0 Å². The van der Waals surface area contributed by atoms with E-state index in [4.69, 9.17) is 4.74 Å². The van der Waals surface area contributed by atoms with Gasteiger partial charge in [-0.15, -0.1) is 0 Å². The van der Waals surface area contributed by atoms with E-state index in [0.717, 1.165) is 25.5 Å². The van der Waals surface area contributed by atoms with Crippen LogP contribution < -0.4 is 5.32 Å². The zero-order valence-corrected chi connectivity index (χ0v) is 11.7. The van der Waals surface area contributed by atoms with E-state index in [9.17, 15) is 8.78 Å². The molecule has 1 aromatic rings. The van der Waals surface area contributed by atoms with E-state index < -0.39 is 0 Å². The summed E-state index contributed by atoms with van der Waals surface area (Å²) in [5.41, 5.74) is 0.433. The predicted octanol–water partition coefficient (Wildman–Crippen LogP) is 3.30. The summed E-state index contributed by atoms with van der Waals surface area (Å²) in [6.45, 7) is 6.21. The highest BCUT2D eigenvalue weighted by molar-refractivity contribution is 5.19. The summed E-state index contributed by atoms with van der Waals surface area (Å²) in [6, 6.07) is 3.77. The lowest BCUT2D eigenvalue weighted by atomic mass is 10.0. The highest BCUT2D eigenvalue weighted by atomic mass is 19.1. The van der Waals surface area contributed by atoms with E-state index in [2.05, 4.69) is 5.32 Å². The number of ether oxygens (including phenoxy) is 1. The molecule has 0 bridgehead atoms. The Hall–Kier alpha value is -1.00. The quantitative estimate of drug-likeness (QED) is 0.696. The molecular formula is C15H23F2NO. The molecule has 1 rings (SSSR count). The molecule has 0 aliphatic carbocycles. The lowest BCUT2D eigenvalue weighted by molar-refractivity contribution is 0.140. The monoisotopic (exact) mass is 271 g/mol. The number of rotatable bonds is 9. The van der Waals surface area contributed by atoms with Gasteiger partial charge >= 0.3 is 0 Å². The molecular weight excluding hydrogens is 248 g/mol. The summed E-state index contributed by atoms with van der Waals surface area (Å²) < 4.78 is 32.0. The van der Waals surface area contributed by atoms with Crippen molar-refractivity contribution in [2.75, 3.05) is 19.8 Å². The smallest absolute Gasteiger partial charge is 0.126 e. The van der Waals surface area contributed by atoms with Crippen LogP contribution in [0.3, 0.4) is 0 Å². The molecule has 0 aliphatic heterocycles. The Balaban J connectivity index is 2.54. The van der Waals surface area contributed by atoms with Crippen molar-refractivity contribution in [1.29, 1.82) is 0 Å². The Kier molecular flexibility index (Phi) is 7.60. The predicted molar refractivity (Wildman–Crippen MR) is 73.3 cm³/mol. The van der Waals surface area contributed by atoms with Crippen molar-refractivity contribution in [2.24, 2.45) is 0 Å². The van der Waals surface area contributed by atoms with Crippen LogP contribution in [0.25, 0.3) is 0 Å². The summed E-state index contributed by atoms with van der Waals surface area (Å²) in [5.74, 6) is -0.727. The molecule has 4 heteroatoms. The lowest BCUT2D eigenvalue weighted by Gasteiger charge is -2.18. The van der Waals surface area contributed by atoms with Crippen LogP contribution in [0, 0.1) is 11.6 Å². The second kappa shape index (κ2) is 8.99. The van der Waals surface area contributed by atoms with Crippen LogP contribution in [-0.2, 0) is 11.2 Å². The molecule has 0 saturated heterocycles. The van der Waals surface area contributed by atoms with Crippen molar-refractivity contribution in [1.82, 2.24) is 5.32 Å². The van der Waals surface area contributed by atoms with Gasteiger partial charge in [-0.1, -0.05) is 6.92 Å². The van der Waals surface area contributed by atoms with Gasteiger partial charge in [-0.2, -0.15) is 0 Å². The molecule has 1 unspecified atom stereocenters. The van der Waals surface area contributed by atoms with Crippen molar-refractivity contribution >= 4 is 0 Å². The van der Waals surface area contributed by atoms with Crippen LogP contribution in [-0.4, -0.2) is 25.8 Å². The maximum Gasteiger partial charge on any atom is 0.126 e. The van der Waals surface area contributed by atoms with Gasteiger partial charge in [-0.25, -0.2) is 8.78 Å². The van der Waals surface area contributed by atoms with Crippen LogP contribution in [0.2, 0.25) is 0 Å². The number of hydrogen-bond donors (Lipinski definition) is 1. The van der Waals surface area contributed by atoms with Gasteiger partial charge in [0, 0.05) is 19.3 Å². The van der Waals surface area contributed by atoms with Crippen LogP contribution in [0.15, 0.2) is 18.2 Å². The average molecular weight is 271 g/mol. The maximum absolute atomic E-state index is 13.6. The average Bonchev–Trinajstić information content (AvgIpc) is 2.39. The number of halogens is 2. The Morgan fingerprint density at radius 3 is 2.74 bits per heavy atom. The molecule has 19 heavy (non-hydrogen) atoms. The molecule has 0 saturated carbocycles. The number of likely N-dealkylation sites (N-methyl/N-ethyl adjacent to an activating group) is 1. The Bertz CT molecular complexity index is 371. The number of benzene rings is 1. The van der Waals surface area contributed by atoms with Gasteiger partial charge in [0.2, 0.25) is 0 Å². The third kappa shape index (κ3) is 6.12. The van der Waals surface area contributed by atoms with Gasteiger partial charge in [0.25, 0.3) is 0 Å². The fourth-order valence-corrected chi connectivity index (χ4v) is 2.11. The van der Waals surface area contributed by atoms with Gasteiger partial charge in [-0.3, -0.25) is 0 Å². The third-order valence-corrected chi connectivity index (χ3v) is 3.01. The van der Waals surface area contributed by atoms with Gasteiger partial charge in [0.15, 0.2) is 0 Å². The minimum atomic E-state index is -0.388. The molecule has 2 nitrogen and oxygen atoms in total. The summed E-state index contributed by atoms with van der Waals surface area (Å²) >= 11 is 0. The highest BCUT2D eigenvalue weighted by Gasteiger charge is 2.12. The van der Waals surface area contributed by atoms with E-state index in [1.54, 1.807) is 0 Å². The summed E-state index contributed by atoms with van der Waals surface area (Å²) in [5, 5.41) is 3.31. The fourth-order valence-electron chi connectivity index (χ4n) is 2.11. The van der Waals surface area contributed by atoms with Crippen LogP contribution >= 0.6 is 0 Å². The Morgan fingerprint density at radius 2 is 2.05 bits per heavy atom. The van der Waals surface area contributed by atoms with E-state index in [1.165, 1.54) is 12.1 Å². The van der Waals surface area contributed by atoms with Crippen molar-refractivity contribution in [3.63, 3.8) is 0 Å². The van der Waals surface area contributed by atoms with E-state index in [0.29, 0.717) is 25.2 Å². The number of nitrogens with one attached hydrogen (secondary N) is 1. The van der Waals surface area contributed by atoms with E-state index in [-0.39, 0.29) is 17.7 Å². The highest BCUT2D eigenvalue weighted by Crippen LogP contribution is 2.14. The molecule has 0 amide bonds. The van der Waals surface area contributed by atoms with Gasteiger partial charge < -0.3 is 10.1 Å². The molecule has 0 aromatic heterocycles. The van der Waals surface area contributed by atoms with Gasteiger partial charge in [0.1, 0.15) is 11.6 Å². The molecule has 1 aromatic carbocycles. The van der Waals surface area contributed by atoms with Crippen LogP contribution in [0.5, 0.6) is 0 Å². The largest absolute Gasteiger partial charge is 0.382 e. The second-order valence-electron chi connectivity index (χ2n) is 4.53. The first kappa shape index (κ1) is 16.1. The molecule has 0 aliphatic rings. The molecule has 1 N–H and O–H groups in total. The molecule has 0 radical (unpaired) electrons.